The standard InChI is InChI=1S/C30H31ClN2O4/c1-19(2)27(29(35)33-14-12-22(13-15-33)21-8-10-26(31)11-9-21)32-28(34)24-16-23(17-25(18-24)30(36)37)20-6-4-3-5-7-20/h3-11,16-19,22,27H,12-15H2,1-2H3,(H,32,34)(H,36,37)/t27-/m1/s1. The third-order valence-corrected chi connectivity index (χ3v) is 7.17. The molecule has 4 rings (SSSR count). The first-order valence-electron chi connectivity index (χ1n) is 12.5. The van der Waals surface area contributed by atoms with Crippen LogP contribution < -0.4 is 5.32 Å². The lowest BCUT2D eigenvalue weighted by Crippen LogP contribution is -2.52. The number of nitrogens with one attached hydrogen (secondary N) is 1. The first-order valence-corrected chi connectivity index (χ1v) is 12.9. The first kappa shape index (κ1) is 26.4. The highest BCUT2D eigenvalue weighted by atomic mass is 35.5. The number of benzene rings is 3. The van der Waals surface area contributed by atoms with Crippen molar-refractivity contribution >= 4 is 29.4 Å². The largest absolute Gasteiger partial charge is 0.478 e. The number of aromatic carboxylic acids is 1. The van der Waals surface area contributed by atoms with Gasteiger partial charge >= 0.3 is 5.97 Å². The summed E-state index contributed by atoms with van der Waals surface area (Å²) in [5.74, 6) is -1.48. The van der Waals surface area contributed by atoms with Gasteiger partial charge in [0.2, 0.25) is 5.91 Å². The van der Waals surface area contributed by atoms with Crippen molar-refractivity contribution < 1.29 is 19.5 Å². The van der Waals surface area contributed by atoms with Crippen LogP contribution in [-0.2, 0) is 4.79 Å². The van der Waals surface area contributed by atoms with Gasteiger partial charge in [0.1, 0.15) is 6.04 Å². The van der Waals surface area contributed by atoms with Gasteiger partial charge in [0.05, 0.1) is 5.56 Å². The van der Waals surface area contributed by atoms with Gasteiger partial charge in [0.25, 0.3) is 5.91 Å². The van der Waals surface area contributed by atoms with Crippen molar-refractivity contribution in [3.05, 3.63) is 94.5 Å². The quantitative estimate of drug-likeness (QED) is 0.410. The lowest BCUT2D eigenvalue weighted by molar-refractivity contribution is -0.135. The lowest BCUT2D eigenvalue weighted by Gasteiger charge is -2.35. The van der Waals surface area contributed by atoms with Gasteiger partial charge in [-0.3, -0.25) is 9.59 Å². The van der Waals surface area contributed by atoms with Crippen molar-refractivity contribution in [2.75, 3.05) is 13.1 Å². The predicted molar refractivity (Wildman–Crippen MR) is 145 cm³/mol. The fraction of sp³-hybridized carbons (Fsp3) is 0.300. The average molecular weight is 519 g/mol. The second kappa shape index (κ2) is 11.6. The van der Waals surface area contributed by atoms with Crippen LogP contribution >= 0.6 is 11.6 Å². The Morgan fingerprint density at radius 1 is 0.892 bits per heavy atom. The molecule has 1 aliphatic rings. The number of carboxylic acids is 1. The summed E-state index contributed by atoms with van der Waals surface area (Å²) >= 11 is 6.01. The molecule has 1 atom stereocenters. The van der Waals surface area contributed by atoms with Crippen LogP contribution in [0.4, 0.5) is 0 Å². The van der Waals surface area contributed by atoms with Gasteiger partial charge in [-0.25, -0.2) is 4.79 Å². The molecule has 1 saturated heterocycles. The number of likely N-dealkylation sites (tertiary alicyclic amines) is 1. The van der Waals surface area contributed by atoms with E-state index in [-0.39, 0.29) is 23.0 Å². The average Bonchev–Trinajstić information content (AvgIpc) is 2.91. The molecule has 6 nitrogen and oxygen atoms in total. The maximum absolute atomic E-state index is 13.5. The number of nitrogens with zero attached hydrogens (tertiary/aromatic N) is 1. The van der Waals surface area contributed by atoms with Crippen molar-refractivity contribution in [2.45, 2.75) is 38.6 Å². The van der Waals surface area contributed by atoms with Crippen LogP contribution in [0.3, 0.4) is 0 Å². The Kier molecular flexibility index (Phi) is 8.29. The van der Waals surface area contributed by atoms with E-state index in [9.17, 15) is 19.5 Å². The number of amides is 2. The number of piperidine rings is 1. The number of hydrogen-bond donors (Lipinski definition) is 2. The van der Waals surface area contributed by atoms with Gasteiger partial charge in [0.15, 0.2) is 0 Å². The summed E-state index contributed by atoms with van der Waals surface area (Å²) in [6.45, 7) is 5.01. The SMILES string of the molecule is CC(C)[C@@H](NC(=O)c1cc(C(=O)O)cc(-c2ccccc2)c1)C(=O)N1CCC(c2ccc(Cl)cc2)CC1. The minimum Gasteiger partial charge on any atom is -0.478 e. The second-order valence-corrected chi connectivity index (χ2v) is 10.3. The molecule has 0 aromatic heterocycles. The third kappa shape index (κ3) is 6.38. The zero-order valence-corrected chi connectivity index (χ0v) is 21.7. The van der Waals surface area contributed by atoms with Gasteiger partial charge < -0.3 is 15.3 Å². The van der Waals surface area contributed by atoms with Crippen molar-refractivity contribution in [3.63, 3.8) is 0 Å². The Morgan fingerprint density at radius 2 is 1.51 bits per heavy atom. The minimum absolute atomic E-state index is 0.0169. The van der Waals surface area contributed by atoms with Crippen molar-refractivity contribution in [1.82, 2.24) is 10.2 Å². The fourth-order valence-corrected chi connectivity index (χ4v) is 4.91. The van der Waals surface area contributed by atoms with E-state index in [1.54, 1.807) is 12.1 Å². The molecule has 0 aliphatic carbocycles. The first-order chi connectivity index (χ1) is 17.7. The van der Waals surface area contributed by atoms with Gasteiger partial charge in [0, 0.05) is 23.7 Å². The molecule has 0 radical (unpaired) electrons. The molecule has 2 amide bonds. The predicted octanol–water partition coefficient (Wildman–Crippen LogP) is 5.87. The zero-order chi connectivity index (χ0) is 26.5. The molecule has 1 fully saturated rings. The normalized spacial score (nSPS) is 14.9. The summed E-state index contributed by atoms with van der Waals surface area (Å²) in [5, 5.41) is 13.2. The van der Waals surface area contributed by atoms with E-state index >= 15 is 0 Å². The number of carboxylic acid groups (broad SMARTS) is 1. The number of carbonyl (C=O) groups is 3. The van der Waals surface area contributed by atoms with E-state index in [0.29, 0.717) is 29.6 Å². The number of halogens is 1. The molecular weight excluding hydrogens is 488 g/mol. The second-order valence-electron chi connectivity index (χ2n) is 9.82. The molecule has 37 heavy (non-hydrogen) atoms. The van der Waals surface area contributed by atoms with Crippen LogP contribution in [-0.4, -0.2) is 46.9 Å². The van der Waals surface area contributed by atoms with Crippen LogP contribution in [0.15, 0.2) is 72.8 Å². The van der Waals surface area contributed by atoms with E-state index in [1.165, 1.54) is 11.6 Å². The molecular formula is C30H31ClN2O4. The molecule has 0 bridgehead atoms. The smallest absolute Gasteiger partial charge is 0.335 e. The van der Waals surface area contributed by atoms with E-state index < -0.39 is 17.9 Å². The van der Waals surface area contributed by atoms with Gasteiger partial charge in [-0.2, -0.15) is 0 Å². The summed E-state index contributed by atoms with van der Waals surface area (Å²) in [6, 6.07) is 21.0. The van der Waals surface area contributed by atoms with Crippen molar-refractivity contribution in [3.8, 4) is 11.1 Å². The highest BCUT2D eigenvalue weighted by Gasteiger charge is 2.32. The van der Waals surface area contributed by atoms with Crippen LogP contribution in [0, 0.1) is 5.92 Å². The Balaban J connectivity index is 1.48. The maximum Gasteiger partial charge on any atom is 0.335 e. The Labute approximate surface area is 222 Å². The molecule has 3 aromatic carbocycles. The highest BCUT2D eigenvalue weighted by molar-refractivity contribution is 6.30. The van der Waals surface area contributed by atoms with E-state index in [2.05, 4.69) is 5.32 Å². The Hall–Kier alpha value is -3.64. The van der Waals surface area contributed by atoms with Crippen molar-refractivity contribution in [1.29, 1.82) is 0 Å². The van der Waals surface area contributed by atoms with Crippen LogP contribution in [0.1, 0.15) is 58.9 Å². The monoisotopic (exact) mass is 518 g/mol. The molecule has 0 spiro atoms. The Bertz CT molecular complexity index is 1270. The van der Waals surface area contributed by atoms with Crippen LogP contribution in [0.25, 0.3) is 11.1 Å². The summed E-state index contributed by atoms with van der Waals surface area (Å²) in [6.07, 6.45) is 1.68. The Morgan fingerprint density at radius 3 is 2.11 bits per heavy atom. The molecule has 3 aromatic rings. The summed E-state index contributed by atoms with van der Waals surface area (Å²) in [4.78, 5) is 40.3. The highest BCUT2D eigenvalue weighted by Crippen LogP contribution is 2.29. The number of hydrogen-bond acceptors (Lipinski definition) is 3. The van der Waals surface area contributed by atoms with Gasteiger partial charge in [-0.05, 0) is 71.7 Å². The molecule has 7 heteroatoms. The molecule has 2 N–H and O–H groups in total. The molecule has 0 unspecified atom stereocenters. The van der Waals surface area contributed by atoms with E-state index in [4.69, 9.17) is 11.6 Å². The van der Waals surface area contributed by atoms with Crippen molar-refractivity contribution in [2.24, 2.45) is 5.92 Å². The summed E-state index contributed by atoms with van der Waals surface area (Å²) in [7, 11) is 0. The third-order valence-electron chi connectivity index (χ3n) is 6.92. The fourth-order valence-electron chi connectivity index (χ4n) is 4.78. The lowest BCUT2D eigenvalue weighted by atomic mass is 9.89. The summed E-state index contributed by atoms with van der Waals surface area (Å²) in [5.41, 5.74) is 2.88. The van der Waals surface area contributed by atoms with Gasteiger partial charge in [-0.15, -0.1) is 0 Å². The molecule has 192 valence electrons. The van der Waals surface area contributed by atoms with E-state index in [0.717, 1.165) is 18.4 Å². The number of rotatable bonds is 7. The maximum atomic E-state index is 13.5. The molecule has 0 saturated carbocycles. The van der Waals surface area contributed by atoms with Crippen LogP contribution in [0.2, 0.25) is 5.02 Å². The molecule has 1 heterocycles. The zero-order valence-electron chi connectivity index (χ0n) is 21.0. The minimum atomic E-state index is -1.12. The summed E-state index contributed by atoms with van der Waals surface area (Å²) < 4.78 is 0. The van der Waals surface area contributed by atoms with Gasteiger partial charge in [-0.1, -0.05) is 67.9 Å². The number of carbonyl (C=O) groups excluding carboxylic acids is 2. The van der Waals surface area contributed by atoms with Crippen LogP contribution in [0.5, 0.6) is 0 Å². The topological polar surface area (TPSA) is 86.7 Å². The van der Waals surface area contributed by atoms with E-state index in [1.807, 2.05) is 73.3 Å². The molecule has 1 aliphatic heterocycles.